The maximum Gasteiger partial charge on any atom is 0.337 e. The molecule has 0 radical (unpaired) electrons. The quantitative estimate of drug-likeness (QED) is 0.542. The van der Waals surface area contributed by atoms with E-state index in [4.69, 9.17) is 11.6 Å². The zero-order chi connectivity index (χ0) is 21.9. The van der Waals surface area contributed by atoms with E-state index < -0.39 is 35.9 Å². The molecule has 1 unspecified atom stereocenters. The van der Waals surface area contributed by atoms with Crippen molar-refractivity contribution in [1.82, 2.24) is 10.2 Å². The molecule has 8 nitrogen and oxygen atoms in total. The lowest BCUT2D eigenvalue weighted by molar-refractivity contribution is -0.134. The molecule has 0 spiro atoms. The Morgan fingerprint density at radius 1 is 1.10 bits per heavy atom. The molecule has 0 aromatic heterocycles. The largest absolute Gasteiger partial charge is 0.465 e. The number of methoxy groups -OCH3 is 1. The average Bonchev–Trinajstić information content (AvgIpc) is 2.99. The van der Waals surface area contributed by atoms with Crippen molar-refractivity contribution in [2.45, 2.75) is 18.9 Å². The van der Waals surface area contributed by atoms with Crippen LogP contribution in [0.15, 0.2) is 48.5 Å². The molecule has 1 atom stereocenters. The second-order valence-corrected chi connectivity index (χ2v) is 7.14. The number of esters is 1. The van der Waals surface area contributed by atoms with Crippen molar-refractivity contribution in [2.75, 3.05) is 19.0 Å². The average molecular weight is 430 g/mol. The fourth-order valence-corrected chi connectivity index (χ4v) is 3.42. The molecule has 1 fully saturated rings. The first-order valence-corrected chi connectivity index (χ1v) is 9.57. The summed E-state index contributed by atoms with van der Waals surface area (Å²) in [6.45, 7) is 1.33. The lowest BCUT2D eigenvalue weighted by Crippen LogP contribution is -2.44. The standard InChI is InChI=1S/C21H20ClN3O5/c1-3-21(14-6-8-15(22)9-7-14)19(28)25(20(29)24-21)12-17(26)23-16-10-4-13(5-11-16)18(27)30-2/h4-11H,3,12H2,1-2H3,(H,23,26)(H,24,29). The van der Waals surface area contributed by atoms with Gasteiger partial charge in [-0.05, 0) is 48.4 Å². The van der Waals surface area contributed by atoms with E-state index >= 15 is 0 Å². The van der Waals surface area contributed by atoms with Crippen LogP contribution in [0.4, 0.5) is 10.5 Å². The van der Waals surface area contributed by atoms with E-state index in [-0.39, 0.29) is 0 Å². The highest BCUT2D eigenvalue weighted by Gasteiger charge is 2.51. The van der Waals surface area contributed by atoms with Gasteiger partial charge >= 0.3 is 12.0 Å². The van der Waals surface area contributed by atoms with E-state index in [0.29, 0.717) is 28.3 Å². The van der Waals surface area contributed by atoms with Crippen molar-refractivity contribution in [3.05, 3.63) is 64.7 Å². The van der Waals surface area contributed by atoms with Gasteiger partial charge in [0.15, 0.2) is 0 Å². The third kappa shape index (κ3) is 3.99. The number of carbonyl (C=O) groups excluding carboxylic acids is 4. The van der Waals surface area contributed by atoms with Gasteiger partial charge in [0.2, 0.25) is 5.91 Å². The predicted molar refractivity (Wildman–Crippen MR) is 110 cm³/mol. The molecule has 0 bridgehead atoms. The van der Waals surface area contributed by atoms with Crippen molar-refractivity contribution < 1.29 is 23.9 Å². The topological polar surface area (TPSA) is 105 Å². The van der Waals surface area contributed by atoms with Crippen LogP contribution in [0.3, 0.4) is 0 Å². The monoisotopic (exact) mass is 429 g/mol. The van der Waals surface area contributed by atoms with E-state index in [0.717, 1.165) is 4.90 Å². The van der Waals surface area contributed by atoms with E-state index in [9.17, 15) is 19.2 Å². The first-order chi connectivity index (χ1) is 14.3. The minimum Gasteiger partial charge on any atom is -0.465 e. The molecule has 3 rings (SSSR count). The van der Waals surface area contributed by atoms with Crippen molar-refractivity contribution in [3.8, 4) is 0 Å². The van der Waals surface area contributed by atoms with Gasteiger partial charge in [0, 0.05) is 10.7 Å². The lowest BCUT2D eigenvalue weighted by atomic mass is 9.87. The summed E-state index contributed by atoms with van der Waals surface area (Å²) in [5.41, 5.74) is 0.0953. The highest BCUT2D eigenvalue weighted by Crippen LogP contribution is 2.33. The maximum absolute atomic E-state index is 13.1. The number of hydrogen-bond donors (Lipinski definition) is 2. The van der Waals surface area contributed by atoms with Crippen LogP contribution in [0.5, 0.6) is 0 Å². The summed E-state index contributed by atoms with van der Waals surface area (Å²) in [5.74, 6) is -1.55. The summed E-state index contributed by atoms with van der Waals surface area (Å²) in [4.78, 5) is 50.3. The van der Waals surface area contributed by atoms with Gasteiger partial charge in [0.1, 0.15) is 12.1 Å². The number of ether oxygens (including phenoxy) is 1. The Morgan fingerprint density at radius 2 is 1.73 bits per heavy atom. The normalized spacial score (nSPS) is 18.2. The first kappa shape index (κ1) is 21.3. The number of amides is 4. The van der Waals surface area contributed by atoms with Gasteiger partial charge in [0.25, 0.3) is 5.91 Å². The number of urea groups is 1. The Morgan fingerprint density at radius 3 is 2.30 bits per heavy atom. The van der Waals surface area contributed by atoms with E-state index in [2.05, 4.69) is 15.4 Å². The summed E-state index contributed by atoms with van der Waals surface area (Å²) in [6, 6.07) is 12.0. The molecular weight excluding hydrogens is 410 g/mol. The minimum absolute atomic E-state index is 0.312. The Balaban J connectivity index is 1.72. The zero-order valence-electron chi connectivity index (χ0n) is 16.4. The predicted octanol–water partition coefficient (Wildman–Crippen LogP) is 2.92. The number of nitrogens with zero attached hydrogens (tertiary/aromatic N) is 1. The summed E-state index contributed by atoms with van der Waals surface area (Å²) in [6.07, 6.45) is 0.312. The van der Waals surface area contributed by atoms with E-state index in [1.807, 2.05) is 0 Å². The second kappa shape index (κ2) is 8.54. The van der Waals surface area contributed by atoms with Crippen LogP contribution in [-0.2, 0) is 19.9 Å². The SMILES string of the molecule is CCC1(c2ccc(Cl)cc2)NC(=O)N(CC(=O)Nc2ccc(C(=O)OC)cc2)C1=O. The number of anilines is 1. The molecule has 30 heavy (non-hydrogen) atoms. The van der Waals surface area contributed by atoms with Gasteiger partial charge < -0.3 is 15.4 Å². The van der Waals surface area contributed by atoms with Crippen LogP contribution >= 0.6 is 11.6 Å². The number of carbonyl (C=O) groups is 4. The Labute approximate surface area is 178 Å². The summed E-state index contributed by atoms with van der Waals surface area (Å²) in [5, 5.41) is 5.83. The third-order valence-electron chi connectivity index (χ3n) is 4.93. The number of rotatable bonds is 6. The van der Waals surface area contributed by atoms with Crippen LogP contribution in [0.1, 0.15) is 29.3 Å². The van der Waals surface area contributed by atoms with Crippen molar-refractivity contribution >= 4 is 41.1 Å². The van der Waals surface area contributed by atoms with Crippen LogP contribution in [0.25, 0.3) is 0 Å². The molecule has 2 aromatic rings. The van der Waals surface area contributed by atoms with Gasteiger partial charge in [-0.25, -0.2) is 9.59 Å². The van der Waals surface area contributed by atoms with Gasteiger partial charge in [-0.15, -0.1) is 0 Å². The third-order valence-corrected chi connectivity index (χ3v) is 5.19. The van der Waals surface area contributed by atoms with Gasteiger partial charge in [0.05, 0.1) is 12.7 Å². The van der Waals surface area contributed by atoms with Crippen molar-refractivity contribution in [3.63, 3.8) is 0 Å². The summed E-state index contributed by atoms with van der Waals surface area (Å²) >= 11 is 5.92. The Bertz CT molecular complexity index is 991. The van der Waals surface area contributed by atoms with Gasteiger partial charge in [-0.1, -0.05) is 30.7 Å². The lowest BCUT2D eigenvalue weighted by Gasteiger charge is -2.25. The molecule has 1 saturated heterocycles. The molecule has 1 aliphatic heterocycles. The van der Waals surface area contributed by atoms with Crippen LogP contribution in [-0.4, -0.2) is 42.4 Å². The fraction of sp³-hybridized carbons (Fsp3) is 0.238. The van der Waals surface area contributed by atoms with Gasteiger partial charge in [-0.2, -0.15) is 0 Å². The van der Waals surface area contributed by atoms with Crippen LogP contribution < -0.4 is 10.6 Å². The Hall–Kier alpha value is -3.39. The van der Waals surface area contributed by atoms with Gasteiger partial charge in [-0.3, -0.25) is 14.5 Å². The zero-order valence-corrected chi connectivity index (χ0v) is 17.2. The molecule has 4 amide bonds. The summed E-state index contributed by atoms with van der Waals surface area (Å²) < 4.78 is 4.62. The molecule has 2 aromatic carbocycles. The van der Waals surface area contributed by atoms with E-state index in [1.165, 1.54) is 31.4 Å². The highest BCUT2D eigenvalue weighted by atomic mass is 35.5. The van der Waals surface area contributed by atoms with E-state index in [1.54, 1.807) is 31.2 Å². The number of hydrogen-bond acceptors (Lipinski definition) is 5. The fourth-order valence-electron chi connectivity index (χ4n) is 3.30. The van der Waals surface area contributed by atoms with Crippen LogP contribution in [0.2, 0.25) is 5.02 Å². The number of halogens is 1. The van der Waals surface area contributed by atoms with Crippen molar-refractivity contribution in [2.24, 2.45) is 0 Å². The molecule has 1 heterocycles. The molecule has 9 heteroatoms. The molecule has 156 valence electrons. The number of nitrogens with one attached hydrogen (secondary N) is 2. The minimum atomic E-state index is -1.25. The Kier molecular flexibility index (Phi) is 6.07. The highest BCUT2D eigenvalue weighted by molar-refractivity contribution is 6.30. The molecule has 1 aliphatic rings. The van der Waals surface area contributed by atoms with Crippen molar-refractivity contribution in [1.29, 1.82) is 0 Å². The molecule has 2 N–H and O–H groups in total. The number of imide groups is 1. The summed E-state index contributed by atoms with van der Waals surface area (Å²) in [7, 11) is 1.27. The molecule has 0 aliphatic carbocycles. The first-order valence-electron chi connectivity index (χ1n) is 9.19. The molecular formula is C21H20ClN3O5. The number of benzene rings is 2. The second-order valence-electron chi connectivity index (χ2n) is 6.70. The smallest absolute Gasteiger partial charge is 0.337 e. The maximum atomic E-state index is 13.1. The van der Waals surface area contributed by atoms with Crippen LogP contribution in [0, 0.1) is 0 Å². The molecule has 0 saturated carbocycles.